The summed E-state index contributed by atoms with van der Waals surface area (Å²) >= 11 is 1.33. The second kappa shape index (κ2) is 5.55. The zero-order valence-electron chi connectivity index (χ0n) is 9.68. The monoisotopic (exact) mass is 262 g/mol. The van der Waals surface area contributed by atoms with E-state index in [4.69, 9.17) is 0 Å². The number of benzene rings is 1. The molecule has 0 aliphatic rings. The predicted octanol–water partition coefficient (Wildman–Crippen LogP) is 3.46. The van der Waals surface area contributed by atoms with Gasteiger partial charge in [0, 0.05) is 10.9 Å². The van der Waals surface area contributed by atoms with E-state index in [2.05, 4.69) is 10.3 Å². The number of nitrogens with zero attached hydrogens (tertiary/aromatic N) is 1. The van der Waals surface area contributed by atoms with E-state index >= 15 is 0 Å². The van der Waals surface area contributed by atoms with Crippen molar-refractivity contribution in [2.75, 3.05) is 5.32 Å². The molecule has 0 spiro atoms. The molecule has 1 amide bonds. The van der Waals surface area contributed by atoms with Gasteiger partial charge in [-0.3, -0.25) is 10.1 Å². The third-order valence-corrected chi connectivity index (χ3v) is 2.95. The van der Waals surface area contributed by atoms with Crippen molar-refractivity contribution in [2.45, 2.75) is 6.92 Å². The molecule has 92 valence electrons. The van der Waals surface area contributed by atoms with Crippen LogP contribution in [0.5, 0.6) is 0 Å². The average molecular weight is 262 g/mol. The van der Waals surface area contributed by atoms with Gasteiger partial charge in [-0.05, 0) is 37.3 Å². The Hall–Kier alpha value is -2.01. The van der Waals surface area contributed by atoms with Gasteiger partial charge in [-0.1, -0.05) is 6.08 Å². The minimum Gasteiger partial charge on any atom is -0.298 e. The number of hydrogen-bond donors (Lipinski definition) is 1. The van der Waals surface area contributed by atoms with Gasteiger partial charge < -0.3 is 0 Å². The summed E-state index contributed by atoms with van der Waals surface area (Å²) in [5.74, 6) is -0.493. The van der Waals surface area contributed by atoms with Crippen LogP contribution in [0.25, 0.3) is 11.3 Å². The number of amides is 1. The van der Waals surface area contributed by atoms with Crippen LogP contribution < -0.4 is 5.32 Å². The van der Waals surface area contributed by atoms with Crippen LogP contribution in [-0.4, -0.2) is 10.9 Å². The van der Waals surface area contributed by atoms with Crippen LogP contribution in [0.4, 0.5) is 9.52 Å². The quantitative estimate of drug-likeness (QED) is 0.861. The van der Waals surface area contributed by atoms with Crippen molar-refractivity contribution in [1.29, 1.82) is 0 Å². The summed E-state index contributed by atoms with van der Waals surface area (Å²) in [6.07, 6.45) is 3.09. The molecular formula is C13H11FN2OS. The van der Waals surface area contributed by atoms with E-state index in [-0.39, 0.29) is 11.7 Å². The highest BCUT2D eigenvalue weighted by molar-refractivity contribution is 7.14. The summed E-state index contributed by atoms with van der Waals surface area (Å²) in [4.78, 5) is 15.6. The van der Waals surface area contributed by atoms with Gasteiger partial charge in [-0.15, -0.1) is 11.3 Å². The van der Waals surface area contributed by atoms with Crippen LogP contribution in [-0.2, 0) is 4.79 Å². The van der Waals surface area contributed by atoms with Crippen molar-refractivity contribution in [3.05, 3.63) is 47.6 Å². The first-order valence-corrected chi connectivity index (χ1v) is 6.22. The molecule has 5 heteroatoms. The minimum atomic E-state index is -0.282. The molecule has 1 aromatic carbocycles. The van der Waals surface area contributed by atoms with Gasteiger partial charge in [0.2, 0.25) is 5.91 Å². The lowest BCUT2D eigenvalue weighted by atomic mass is 10.2. The molecule has 3 nitrogen and oxygen atoms in total. The molecule has 1 heterocycles. The summed E-state index contributed by atoms with van der Waals surface area (Å²) in [6, 6.07) is 6.07. The molecule has 0 atom stereocenters. The van der Waals surface area contributed by atoms with Gasteiger partial charge in [0.15, 0.2) is 5.13 Å². The Bertz CT molecular complexity index is 575. The van der Waals surface area contributed by atoms with Gasteiger partial charge >= 0.3 is 0 Å². The van der Waals surface area contributed by atoms with Crippen molar-refractivity contribution < 1.29 is 9.18 Å². The number of nitrogens with one attached hydrogen (secondary N) is 1. The number of carbonyl (C=O) groups is 1. The Kier molecular flexibility index (Phi) is 3.84. The molecule has 1 aromatic heterocycles. The maximum atomic E-state index is 12.8. The molecule has 0 radical (unpaired) electrons. The highest BCUT2D eigenvalue weighted by atomic mass is 32.1. The smallest absolute Gasteiger partial charge is 0.249 e. The van der Waals surface area contributed by atoms with E-state index < -0.39 is 0 Å². The van der Waals surface area contributed by atoms with Gasteiger partial charge in [-0.2, -0.15) is 0 Å². The third kappa shape index (κ3) is 3.01. The maximum absolute atomic E-state index is 12.8. The summed E-state index contributed by atoms with van der Waals surface area (Å²) in [7, 11) is 0. The van der Waals surface area contributed by atoms with Crippen LogP contribution in [0, 0.1) is 5.82 Å². The lowest BCUT2D eigenvalue weighted by Crippen LogP contribution is -2.07. The normalized spacial score (nSPS) is 10.8. The lowest BCUT2D eigenvalue weighted by molar-refractivity contribution is -0.111. The van der Waals surface area contributed by atoms with Crippen molar-refractivity contribution in [3.63, 3.8) is 0 Å². The highest BCUT2D eigenvalue weighted by Gasteiger charge is 2.06. The van der Waals surface area contributed by atoms with E-state index in [0.717, 1.165) is 11.3 Å². The van der Waals surface area contributed by atoms with E-state index in [1.54, 1.807) is 25.1 Å². The van der Waals surface area contributed by atoms with Crippen LogP contribution in [0.15, 0.2) is 41.8 Å². The number of anilines is 1. The Morgan fingerprint density at radius 2 is 2.11 bits per heavy atom. The molecule has 2 rings (SSSR count). The maximum Gasteiger partial charge on any atom is 0.249 e. The van der Waals surface area contributed by atoms with Crippen molar-refractivity contribution in [1.82, 2.24) is 4.98 Å². The average Bonchev–Trinajstić information content (AvgIpc) is 2.78. The van der Waals surface area contributed by atoms with E-state index in [0.29, 0.717) is 5.13 Å². The number of aromatic nitrogens is 1. The van der Waals surface area contributed by atoms with E-state index in [1.807, 2.05) is 5.38 Å². The number of hydrogen-bond acceptors (Lipinski definition) is 3. The van der Waals surface area contributed by atoms with E-state index in [1.165, 1.54) is 29.5 Å². The molecule has 0 saturated heterocycles. The summed E-state index contributed by atoms with van der Waals surface area (Å²) in [5.41, 5.74) is 1.54. The predicted molar refractivity (Wildman–Crippen MR) is 71.0 cm³/mol. The first kappa shape index (κ1) is 12.4. The number of thiazole rings is 1. The molecule has 0 fully saturated rings. The van der Waals surface area contributed by atoms with Crippen molar-refractivity contribution >= 4 is 22.4 Å². The Morgan fingerprint density at radius 1 is 1.39 bits per heavy atom. The zero-order chi connectivity index (χ0) is 13.0. The topological polar surface area (TPSA) is 42.0 Å². The van der Waals surface area contributed by atoms with E-state index in [9.17, 15) is 9.18 Å². The number of allylic oxidation sites excluding steroid dienone is 1. The fourth-order valence-corrected chi connectivity index (χ4v) is 2.11. The lowest BCUT2D eigenvalue weighted by Gasteiger charge is -1.96. The first-order valence-electron chi connectivity index (χ1n) is 5.34. The molecule has 0 saturated carbocycles. The van der Waals surface area contributed by atoms with Crippen LogP contribution in [0.3, 0.4) is 0 Å². The Balaban J connectivity index is 2.15. The number of halogens is 1. The fraction of sp³-hybridized carbons (Fsp3) is 0.0769. The number of carbonyl (C=O) groups excluding carboxylic acids is 1. The third-order valence-electron chi connectivity index (χ3n) is 2.19. The van der Waals surface area contributed by atoms with Gasteiger partial charge in [0.1, 0.15) is 5.82 Å². The molecule has 1 N–H and O–H groups in total. The van der Waals surface area contributed by atoms with Crippen LogP contribution in [0.1, 0.15) is 6.92 Å². The molecule has 0 aliphatic heterocycles. The second-order valence-electron chi connectivity index (χ2n) is 3.53. The molecule has 0 aliphatic carbocycles. The van der Waals surface area contributed by atoms with Crippen LogP contribution in [0.2, 0.25) is 0 Å². The summed E-state index contributed by atoms with van der Waals surface area (Å²) in [6.45, 7) is 1.77. The summed E-state index contributed by atoms with van der Waals surface area (Å²) < 4.78 is 12.8. The first-order chi connectivity index (χ1) is 8.69. The SMILES string of the molecule is CC=CC(=O)Nc1nc(-c2ccc(F)cc2)cs1. The highest BCUT2D eigenvalue weighted by Crippen LogP contribution is 2.24. The fourth-order valence-electron chi connectivity index (χ4n) is 1.38. The van der Waals surface area contributed by atoms with Gasteiger partial charge in [0.25, 0.3) is 0 Å². The Morgan fingerprint density at radius 3 is 2.78 bits per heavy atom. The largest absolute Gasteiger partial charge is 0.298 e. The molecule has 0 bridgehead atoms. The Labute approximate surface area is 108 Å². The second-order valence-corrected chi connectivity index (χ2v) is 4.39. The standard InChI is InChI=1S/C13H11FN2OS/c1-2-3-12(17)16-13-15-11(8-18-13)9-4-6-10(14)7-5-9/h2-8H,1H3,(H,15,16,17). The van der Waals surface area contributed by atoms with Gasteiger partial charge in [-0.25, -0.2) is 9.37 Å². The molecule has 0 unspecified atom stereocenters. The van der Waals surface area contributed by atoms with Crippen LogP contribution >= 0.6 is 11.3 Å². The zero-order valence-corrected chi connectivity index (χ0v) is 10.5. The molecule has 18 heavy (non-hydrogen) atoms. The van der Waals surface area contributed by atoms with Crippen molar-refractivity contribution in [3.8, 4) is 11.3 Å². The molecule has 2 aromatic rings. The number of rotatable bonds is 3. The van der Waals surface area contributed by atoms with Gasteiger partial charge in [0.05, 0.1) is 5.69 Å². The minimum absolute atomic E-state index is 0.211. The summed E-state index contributed by atoms with van der Waals surface area (Å²) in [5, 5.41) is 5.00. The molecular weight excluding hydrogens is 251 g/mol. The van der Waals surface area contributed by atoms with Crippen molar-refractivity contribution in [2.24, 2.45) is 0 Å².